The van der Waals surface area contributed by atoms with Crippen molar-refractivity contribution in [2.75, 3.05) is 26.2 Å². The highest BCUT2D eigenvalue weighted by atomic mass is 35.5. The van der Waals surface area contributed by atoms with E-state index in [4.69, 9.17) is 4.74 Å². The van der Waals surface area contributed by atoms with Crippen molar-refractivity contribution in [2.45, 2.75) is 33.2 Å². The SMILES string of the molecule is Cc1ccc(C)c(OCCC(=O)N2CCNC[C@H]2C)c1.Cl. The molecule has 1 aromatic carbocycles. The number of nitrogens with zero attached hydrogens (tertiary/aromatic N) is 1. The Morgan fingerprint density at radius 3 is 2.90 bits per heavy atom. The number of nitrogens with one attached hydrogen (secondary N) is 1. The van der Waals surface area contributed by atoms with Gasteiger partial charge in [-0.3, -0.25) is 4.79 Å². The quantitative estimate of drug-likeness (QED) is 0.927. The van der Waals surface area contributed by atoms with Crippen molar-refractivity contribution < 1.29 is 9.53 Å². The summed E-state index contributed by atoms with van der Waals surface area (Å²) in [7, 11) is 0. The van der Waals surface area contributed by atoms with Gasteiger partial charge < -0.3 is 15.0 Å². The topological polar surface area (TPSA) is 41.6 Å². The van der Waals surface area contributed by atoms with Crippen LogP contribution in [0.25, 0.3) is 0 Å². The molecule has 1 fully saturated rings. The van der Waals surface area contributed by atoms with Crippen molar-refractivity contribution in [3.05, 3.63) is 29.3 Å². The maximum atomic E-state index is 12.2. The molecule has 21 heavy (non-hydrogen) atoms. The highest BCUT2D eigenvalue weighted by molar-refractivity contribution is 5.85. The van der Waals surface area contributed by atoms with Crippen molar-refractivity contribution in [2.24, 2.45) is 0 Å². The number of benzene rings is 1. The lowest BCUT2D eigenvalue weighted by molar-refractivity contribution is -0.134. The molecule has 1 aliphatic heterocycles. The first kappa shape index (κ1) is 17.8. The molecule has 0 radical (unpaired) electrons. The Morgan fingerprint density at radius 1 is 1.43 bits per heavy atom. The van der Waals surface area contributed by atoms with Crippen LogP contribution in [-0.2, 0) is 4.79 Å². The summed E-state index contributed by atoms with van der Waals surface area (Å²) < 4.78 is 5.75. The molecule has 4 nitrogen and oxygen atoms in total. The highest BCUT2D eigenvalue weighted by Crippen LogP contribution is 2.19. The third kappa shape index (κ3) is 4.90. The Balaban J connectivity index is 0.00000220. The lowest BCUT2D eigenvalue weighted by Gasteiger charge is -2.34. The number of carbonyl (C=O) groups excluding carboxylic acids is 1. The number of rotatable bonds is 4. The smallest absolute Gasteiger partial charge is 0.226 e. The van der Waals surface area contributed by atoms with Gasteiger partial charge in [-0.1, -0.05) is 12.1 Å². The first-order chi connectivity index (χ1) is 9.58. The van der Waals surface area contributed by atoms with E-state index in [2.05, 4.69) is 18.3 Å². The maximum absolute atomic E-state index is 12.2. The van der Waals surface area contributed by atoms with E-state index in [0.717, 1.165) is 30.9 Å². The largest absolute Gasteiger partial charge is 0.493 e. The summed E-state index contributed by atoms with van der Waals surface area (Å²) in [5.41, 5.74) is 2.28. The first-order valence-electron chi connectivity index (χ1n) is 7.28. The van der Waals surface area contributed by atoms with Gasteiger partial charge in [-0.25, -0.2) is 0 Å². The van der Waals surface area contributed by atoms with Gasteiger partial charge in [0.2, 0.25) is 5.91 Å². The van der Waals surface area contributed by atoms with Gasteiger partial charge in [-0.2, -0.15) is 0 Å². The van der Waals surface area contributed by atoms with Gasteiger partial charge >= 0.3 is 0 Å². The van der Waals surface area contributed by atoms with Gasteiger partial charge in [-0.15, -0.1) is 12.4 Å². The van der Waals surface area contributed by atoms with Crippen LogP contribution in [0, 0.1) is 13.8 Å². The number of ether oxygens (including phenoxy) is 1. The van der Waals surface area contributed by atoms with Gasteiger partial charge in [0.1, 0.15) is 5.75 Å². The van der Waals surface area contributed by atoms with Crippen molar-refractivity contribution in [1.82, 2.24) is 10.2 Å². The predicted octanol–water partition coefficient (Wildman–Crippen LogP) is 2.31. The molecule has 0 bridgehead atoms. The molecule has 0 spiro atoms. The minimum atomic E-state index is 0. The van der Waals surface area contributed by atoms with E-state index in [0.29, 0.717) is 13.0 Å². The molecule has 5 heteroatoms. The number of hydrogen-bond donors (Lipinski definition) is 1. The Morgan fingerprint density at radius 2 is 2.19 bits per heavy atom. The fourth-order valence-electron chi connectivity index (χ4n) is 2.47. The van der Waals surface area contributed by atoms with Crippen molar-refractivity contribution in [1.29, 1.82) is 0 Å². The Bertz CT molecular complexity index is 479. The molecule has 1 N–H and O–H groups in total. The van der Waals surface area contributed by atoms with Crippen LogP contribution in [0.2, 0.25) is 0 Å². The fourth-order valence-corrected chi connectivity index (χ4v) is 2.47. The lowest BCUT2D eigenvalue weighted by Crippen LogP contribution is -2.52. The molecule has 1 aromatic rings. The maximum Gasteiger partial charge on any atom is 0.226 e. The molecule has 2 rings (SSSR count). The van der Waals surface area contributed by atoms with E-state index < -0.39 is 0 Å². The Kier molecular flexibility index (Phi) is 6.99. The molecule has 1 saturated heterocycles. The minimum Gasteiger partial charge on any atom is -0.493 e. The number of hydrogen-bond acceptors (Lipinski definition) is 3. The zero-order chi connectivity index (χ0) is 14.5. The van der Waals surface area contributed by atoms with Crippen LogP contribution in [0.5, 0.6) is 5.75 Å². The second-order valence-corrected chi connectivity index (χ2v) is 5.51. The van der Waals surface area contributed by atoms with Crippen LogP contribution in [0.3, 0.4) is 0 Å². The van der Waals surface area contributed by atoms with Crippen molar-refractivity contribution in [3.63, 3.8) is 0 Å². The van der Waals surface area contributed by atoms with Crippen LogP contribution in [0.4, 0.5) is 0 Å². The number of aryl methyl sites for hydroxylation is 2. The molecule has 0 saturated carbocycles. The molecular formula is C16H25ClN2O2. The molecule has 1 atom stereocenters. The second-order valence-electron chi connectivity index (χ2n) is 5.51. The average Bonchev–Trinajstić information content (AvgIpc) is 2.43. The third-order valence-electron chi connectivity index (χ3n) is 3.74. The van der Waals surface area contributed by atoms with Gasteiger partial charge in [0.15, 0.2) is 0 Å². The molecule has 118 valence electrons. The molecule has 1 amide bonds. The van der Waals surface area contributed by atoms with Gasteiger partial charge in [-0.05, 0) is 38.0 Å². The van der Waals surface area contributed by atoms with E-state index in [9.17, 15) is 4.79 Å². The van der Waals surface area contributed by atoms with Gasteiger partial charge in [0, 0.05) is 25.7 Å². The Hall–Kier alpha value is -1.26. The third-order valence-corrected chi connectivity index (χ3v) is 3.74. The number of piperazine rings is 1. The fraction of sp³-hybridized carbons (Fsp3) is 0.562. The van der Waals surface area contributed by atoms with E-state index in [1.165, 1.54) is 5.56 Å². The van der Waals surface area contributed by atoms with E-state index in [1.807, 2.05) is 30.9 Å². The summed E-state index contributed by atoms with van der Waals surface area (Å²) in [6, 6.07) is 6.41. The molecule has 1 heterocycles. The zero-order valence-corrected chi connectivity index (χ0v) is 13.8. The summed E-state index contributed by atoms with van der Waals surface area (Å²) >= 11 is 0. The first-order valence-corrected chi connectivity index (χ1v) is 7.28. The van der Waals surface area contributed by atoms with Crippen LogP contribution >= 0.6 is 12.4 Å². The lowest BCUT2D eigenvalue weighted by atomic mass is 10.1. The summed E-state index contributed by atoms with van der Waals surface area (Å²) in [5.74, 6) is 1.07. The number of amides is 1. The van der Waals surface area contributed by atoms with Crippen molar-refractivity contribution in [3.8, 4) is 5.75 Å². The molecule has 1 aliphatic rings. The molecule has 0 aliphatic carbocycles. The van der Waals surface area contributed by atoms with Gasteiger partial charge in [0.25, 0.3) is 0 Å². The average molecular weight is 313 g/mol. The van der Waals surface area contributed by atoms with Crippen molar-refractivity contribution >= 4 is 18.3 Å². The standard InChI is InChI=1S/C16H24N2O2.ClH/c1-12-4-5-13(2)15(10-12)20-9-6-16(19)18-8-7-17-11-14(18)3;/h4-5,10,14,17H,6-9,11H2,1-3H3;1H/t14-;/m1./s1. The molecular weight excluding hydrogens is 288 g/mol. The van der Waals surface area contributed by atoms with Crippen LogP contribution < -0.4 is 10.1 Å². The predicted molar refractivity (Wildman–Crippen MR) is 87.3 cm³/mol. The van der Waals surface area contributed by atoms with E-state index >= 15 is 0 Å². The summed E-state index contributed by atoms with van der Waals surface area (Å²) in [6.07, 6.45) is 0.442. The zero-order valence-electron chi connectivity index (χ0n) is 13.0. The highest BCUT2D eigenvalue weighted by Gasteiger charge is 2.22. The number of carbonyl (C=O) groups is 1. The monoisotopic (exact) mass is 312 g/mol. The normalized spacial score (nSPS) is 18.0. The van der Waals surface area contributed by atoms with Crippen LogP contribution in [0.1, 0.15) is 24.5 Å². The number of halogens is 1. The summed E-state index contributed by atoms with van der Waals surface area (Å²) in [6.45, 7) is 9.14. The Labute approximate surface area is 133 Å². The van der Waals surface area contributed by atoms with E-state index in [1.54, 1.807) is 0 Å². The van der Waals surface area contributed by atoms with Gasteiger partial charge in [0.05, 0.1) is 13.0 Å². The second kappa shape index (κ2) is 8.25. The summed E-state index contributed by atoms with van der Waals surface area (Å²) in [4.78, 5) is 14.1. The van der Waals surface area contributed by atoms with Crippen LogP contribution in [0.15, 0.2) is 18.2 Å². The molecule has 0 aromatic heterocycles. The van der Waals surface area contributed by atoms with E-state index in [-0.39, 0.29) is 24.4 Å². The summed E-state index contributed by atoms with van der Waals surface area (Å²) in [5, 5.41) is 3.29. The van der Waals surface area contributed by atoms with Crippen LogP contribution in [-0.4, -0.2) is 43.1 Å². The molecule has 0 unspecified atom stereocenters. The minimum absolute atomic E-state index is 0.